The molecular weight excluding hydrogens is 1380 g/mol. The van der Waals surface area contributed by atoms with Gasteiger partial charge in [0.25, 0.3) is 0 Å². The standard InChI is InChI=1S/C26H17N3O2.C26H15N3O2.4ClH.2K.2Pt/c2*1-2-9-24-22(8-1)21-12-11-20(17-23(21)26-28-14-15-29(24)26)30-18-6-5-7-19(16-18)31-25-10-3-4-13-27-25;;;;;;;;/h1-17H;1-15H;4*1H;;;;/q;-2;;;;;;;+2;+4/p-4. The van der Waals surface area contributed by atoms with Crippen molar-refractivity contribution in [1.82, 2.24) is 28.7 Å². The predicted octanol–water partition coefficient (Wildman–Crippen LogP) is 14.8. The number of ether oxygens (including phenoxy) is 4. The van der Waals surface area contributed by atoms with E-state index >= 15 is 0 Å². The molecule has 12 aromatic rings. The number of nitrogens with zero attached hydrogens (tertiary/aromatic N) is 6. The number of aromatic nitrogens is 6. The molecule has 18 heteroatoms. The van der Waals surface area contributed by atoms with E-state index in [0.29, 0.717) is 40.5 Å². The first kappa shape index (κ1) is 53.3. The molecule has 0 aliphatic rings. The van der Waals surface area contributed by atoms with E-state index < -0.39 is 11.9 Å². The van der Waals surface area contributed by atoms with Gasteiger partial charge in [0.1, 0.15) is 22.9 Å². The molecule has 0 spiro atoms. The van der Waals surface area contributed by atoms with Crippen molar-refractivity contribution in [3.63, 3.8) is 0 Å². The van der Waals surface area contributed by atoms with Crippen LogP contribution in [-0.4, -0.2) is 91.9 Å². The molecule has 0 aliphatic heterocycles. The summed E-state index contributed by atoms with van der Waals surface area (Å²) in [5.74, 6) is 4.77. The summed E-state index contributed by atoms with van der Waals surface area (Å²) in [4.78, 5) is 17.5. The van der Waals surface area contributed by atoms with E-state index in [1.165, 1.54) is 68.5 Å². The van der Waals surface area contributed by atoms with Crippen LogP contribution in [0.25, 0.3) is 54.6 Å². The Labute approximate surface area is 481 Å². The van der Waals surface area contributed by atoms with Crippen molar-refractivity contribution in [3.05, 3.63) is 207 Å². The second-order valence-electron chi connectivity index (χ2n) is 14.5. The summed E-state index contributed by atoms with van der Waals surface area (Å²) >= 11 is -0.556. The number of pyridine rings is 4. The van der Waals surface area contributed by atoms with Crippen LogP contribution >= 0.6 is 37.7 Å². The Morgan fingerprint density at radius 1 is 0.414 bits per heavy atom. The van der Waals surface area contributed by atoms with Crippen molar-refractivity contribution in [3.8, 4) is 46.3 Å². The van der Waals surface area contributed by atoms with Crippen LogP contribution in [0.1, 0.15) is 0 Å². The fourth-order valence-electron chi connectivity index (χ4n) is 7.60. The molecule has 70 heavy (non-hydrogen) atoms. The van der Waals surface area contributed by atoms with Gasteiger partial charge in [-0.3, -0.25) is 9.38 Å². The van der Waals surface area contributed by atoms with Crippen LogP contribution < -0.4 is 18.9 Å². The zero-order valence-electron chi connectivity index (χ0n) is 36.9. The molecule has 6 aromatic heterocycles. The zero-order chi connectivity index (χ0) is 47.7. The smallest absolute Gasteiger partial charge is 0.503 e. The van der Waals surface area contributed by atoms with Gasteiger partial charge in [0, 0.05) is 88.9 Å². The minimum atomic E-state index is -3.06. The summed E-state index contributed by atoms with van der Waals surface area (Å²) in [6.07, 6.45) is 11.0. The van der Waals surface area contributed by atoms with Gasteiger partial charge in [-0.05, 0) is 65.4 Å². The molecule has 0 saturated carbocycles. The van der Waals surface area contributed by atoms with Crippen LogP contribution in [0.15, 0.2) is 195 Å². The van der Waals surface area contributed by atoms with E-state index in [2.05, 4.69) is 77.3 Å². The molecule has 0 N–H and O–H groups in total. The fraction of sp³-hybridized carbons (Fsp3) is 0. The summed E-state index contributed by atoms with van der Waals surface area (Å²) in [6.45, 7) is 0. The molecule has 0 fully saturated rings. The van der Waals surface area contributed by atoms with Crippen LogP contribution in [0, 0.1) is 12.1 Å². The molecule has 0 bridgehead atoms. The number of fused-ring (bicyclic) bond motifs is 12. The number of hydrogen-bond acceptors (Lipinski definition) is 8. The number of benzene rings is 6. The van der Waals surface area contributed by atoms with Gasteiger partial charge in [-0.15, -0.1) is 24.3 Å². The second kappa shape index (κ2) is 25.3. The number of halogens is 4. The number of para-hydroxylation sites is 2. The molecule has 344 valence electrons. The third-order valence-electron chi connectivity index (χ3n) is 10.3. The Bertz CT molecular complexity index is 3460. The van der Waals surface area contributed by atoms with Crippen LogP contribution in [0.3, 0.4) is 0 Å². The Balaban J connectivity index is 0.000000164. The van der Waals surface area contributed by atoms with Gasteiger partial charge in [0.15, 0.2) is 0 Å². The normalized spacial score (nSPS) is 11.1. The van der Waals surface area contributed by atoms with Gasteiger partial charge in [-0.25, -0.2) is 15.0 Å². The van der Waals surface area contributed by atoms with Gasteiger partial charge in [0.2, 0.25) is 11.8 Å². The van der Waals surface area contributed by atoms with E-state index in [1.807, 2.05) is 134 Å². The van der Waals surface area contributed by atoms with E-state index in [0.717, 1.165) is 55.0 Å². The third kappa shape index (κ3) is 13.4. The molecule has 12 rings (SSSR count). The molecule has 6 aromatic carbocycles. The Morgan fingerprint density at radius 3 is 1.59 bits per heavy atom. The van der Waals surface area contributed by atoms with Crippen LogP contribution in [0.2, 0.25) is 0 Å². The Morgan fingerprint density at radius 2 is 0.929 bits per heavy atom. The van der Waals surface area contributed by atoms with Crippen molar-refractivity contribution in [1.29, 1.82) is 0 Å². The van der Waals surface area contributed by atoms with Gasteiger partial charge in [-0.1, -0.05) is 77.5 Å². The van der Waals surface area contributed by atoms with E-state index in [9.17, 15) is 0 Å². The minimum absolute atomic E-state index is 0. The topological polar surface area (TPSA) is 97.3 Å². The summed E-state index contributed by atoms with van der Waals surface area (Å²) in [5, 5.41) is 6.50. The maximum absolute atomic E-state index is 6.16. The molecule has 0 saturated heterocycles. The van der Waals surface area contributed by atoms with E-state index in [-0.39, 0.29) is 21.1 Å². The van der Waals surface area contributed by atoms with Crippen LogP contribution in [0.4, 0.5) is 0 Å². The Hall–Kier alpha value is -2.95. The number of imidazole rings is 2. The monoisotopic (exact) mass is 1410 g/mol. The molecule has 6 heterocycles. The molecule has 0 atom stereocenters. The maximum atomic E-state index is 6.16. The summed E-state index contributed by atoms with van der Waals surface area (Å²) in [6, 6.07) is 57.3. The summed E-state index contributed by atoms with van der Waals surface area (Å²) in [7, 11) is 20.0. The average molecular weight is 1420 g/mol. The minimum Gasteiger partial charge on any atom is -0.503 e. The van der Waals surface area contributed by atoms with Crippen molar-refractivity contribution in [2.75, 3.05) is 0 Å². The second-order valence-corrected chi connectivity index (χ2v) is 34.2. The predicted molar refractivity (Wildman–Crippen MR) is 275 cm³/mol. The summed E-state index contributed by atoms with van der Waals surface area (Å²) < 4.78 is 28.0. The quantitative estimate of drug-likeness (QED) is 0.0843. The largest absolute Gasteiger partial charge is 2.00 e. The SMILES string of the molecule is [Cl][Pt]([Cl])([Cl])[Cl].[K][K].[Pt+2].[c-]1c(Oc2[c-]c3c(cc2)c2ccccc2n2ccnc32)cccc1Oc1ccccn1.c1ccc(Oc2cccc(Oc3ccc4c5ccccc5n5ccnc5c4c3)c2)nc1. The van der Waals surface area contributed by atoms with Gasteiger partial charge in [0.05, 0.1) is 11.2 Å². The number of rotatable bonds is 8. The molecule has 0 amide bonds. The maximum Gasteiger partial charge on any atom is 2.00 e. The molecule has 10 nitrogen and oxygen atoms in total. The molecular formula is C52H32Cl4K2N6O4Pt2. The fourth-order valence-corrected chi connectivity index (χ4v) is 7.60. The van der Waals surface area contributed by atoms with Gasteiger partial charge in [-0.2, -0.15) is 6.07 Å². The first-order chi connectivity index (χ1) is 33.7. The summed E-state index contributed by atoms with van der Waals surface area (Å²) in [5.41, 5.74) is 3.99. The molecule has 0 radical (unpaired) electrons. The van der Waals surface area contributed by atoms with Crippen molar-refractivity contribution in [2.24, 2.45) is 0 Å². The van der Waals surface area contributed by atoms with E-state index in [4.69, 9.17) is 56.6 Å². The molecule has 0 unspecified atom stereocenters. The van der Waals surface area contributed by atoms with Gasteiger partial charge < -0.3 is 23.3 Å². The van der Waals surface area contributed by atoms with Crippen LogP contribution in [0.5, 0.6) is 46.3 Å². The van der Waals surface area contributed by atoms with Crippen molar-refractivity contribution >= 4 is 155 Å². The third-order valence-corrected chi connectivity index (χ3v) is 10.3. The van der Waals surface area contributed by atoms with Crippen molar-refractivity contribution < 1.29 is 51.9 Å². The van der Waals surface area contributed by atoms with Crippen molar-refractivity contribution in [2.45, 2.75) is 0 Å². The average Bonchev–Trinajstić information content (AvgIpc) is 4.08. The van der Waals surface area contributed by atoms with Gasteiger partial charge >= 0.3 is 134 Å². The first-order valence-electron chi connectivity index (χ1n) is 21.3. The zero-order valence-corrected chi connectivity index (χ0v) is 50.8. The number of hydrogen-bond donors (Lipinski definition) is 0. The first-order valence-corrected chi connectivity index (χ1v) is 48.6. The molecule has 0 aliphatic carbocycles. The van der Waals surface area contributed by atoms with E-state index in [1.54, 1.807) is 24.7 Å². The van der Waals surface area contributed by atoms with Crippen LogP contribution in [-0.2, 0) is 33.0 Å². The Kier molecular flexibility index (Phi) is 19.3.